The van der Waals surface area contributed by atoms with Crippen LogP contribution in [-0.2, 0) is 15.9 Å². The summed E-state index contributed by atoms with van der Waals surface area (Å²) in [5.74, 6) is 1.85. The highest BCUT2D eigenvalue weighted by atomic mass is 32.1. The lowest BCUT2D eigenvalue weighted by atomic mass is 10.1. The fourth-order valence-electron chi connectivity index (χ4n) is 5.71. The van der Waals surface area contributed by atoms with E-state index >= 15 is 0 Å². The molecule has 0 radical (unpaired) electrons. The Labute approximate surface area is 364 Å². The van der Waals surface area contributed by atoms with Crippen molar-refractivity contribution in [3.63, 3.8) is 0 Å². The predicted octanol–water partition coefficient (Wildman–Crippen LogP) is 8.69. The van der Waals surface area contributed by atoms with Gasteiger partial charge in [-0.1, -0.05) is 12.1 Å². The zero-order valence-corrected chi connectivity index (χ0v) is 34.8. The summed E-state index contributed by atoms with van der Waals surface area (Å²) < 4.78 is 49.7. The van der Waals surface area contributed by atoms with Crippen LogP contribution in [0.5, 0.6) is 40.2 Å². The third kappa shape index (κ3) is 12.5. The van der Waals surface area contributed by atoms with Crippen molar-refractivity contribution in [1.82, 2.24) is 0 Å². The monoisotopic (exact) mass is 876 g/mol. The highest BCUT2D eigenvalue weighted by Crippen LogP contribution is 2.27. The SMILES string of the molecule is O=C(Cc1ccc(OCC2CO2)cc1)c1ccc(C(=O)Oc2ccc(OCCCCOc3ccc(OC(=O)c4ccc(C(=O)Oc5ccc(OCC6CO6)cc5)s4)cc3)cc2)s1. The molecule has 2 aliphatic rings. The normalized spacial score (nSPS) is 14.9. The van der Waals surface area contributed by atoms with E-state index in [0.29, 0.717) is 77.3 Å². The van der Waals surface area contributed by atoms with E-state index in [0.717, 1.165) is 53.4 Å². The van der Waals surface area contributed by atoms with Crippen LogP contribution in [0.25, 0.3) is 0 Å². The highest BCUT2D eigenvalue weighted by Gasteiger charge is 2.24. The van der Waals surface area contributed by atoms with Crippen molar-refractivity contribution in [2.24, 2.45) is 0 Å². The maximum atomic E-state index is 12.9. The number of benzene rings is 4. The van der Waals surface area contributed by atoms with E-state index < -0.39 is 17.9 Å². The number of epoxide rings is 2. The molecule has 4 aromatic carbocycles. The highest BCUT2D eigenvalue weighted by molar-refractivity contribution is 7.16. The molecular weight excluding hydrogens is 837 g/mol. The molecule has 0 amide bonds. The second-order valence-electron chi connectivity index (χ2n) is 14.1. The average Bonchev–Trinajstić information content (AvgIpc) is 4.20. The molecule has 0 bridgehead atoms. The van der Waals surface area contributed by atoms with E-state index in [1.165, 1.54) is 12.1 Å². The Kier molecular flexibility index (Phi) is 13.9. The van der Waals surface area contributed by atoms with E-state index in [2.05, 4.69) is 0 Å². The van der Waals surface area contributed by atoms with Crippen molar-refractivity contribution in [2.45, 2.75) is 31.5 Å². The maximum absolute atomic E-state index is 12.9. The number of ketones is 1. The Bertz CT molecular complexity index is 2280. The molecule has 0 saturated carbocycles. The number of hydrogen-bond donors (Lipinski definition) is 0. The fraction of sp³-hybridized carbons (Fsp3) is 0.234. The number of carbonyl (C=O) groups is 4. The Morgan fingerprint density at radius 3 is 1.15 bits per heavy atom. The van der Waals surface area contributed by atoms with Crippen molar-refractivity contribution >= 4 is 46.4 Å². The van der Waals surface area contributed by atoms with E-state index in [4.69, 9.17) is 42.6 Å². The predicted molar refractivity (Wildman–Crippen MR) is 228 cm³/mol. The van der Waals surface area contributed by atoms with E-state index in [-0.39, 0.29) is 34.2 Å². The van der Waals surface area contributed by atoms with Crippen LogP contribution in [-0.4, -0.2) is 75.5 Å². The number of carbonyl (C=O) groups excluding carboxylic acids is 4. The van der Waals surface area contributed by atoms with Crippen LogP contribution in [0.3, 0.4) is 0 Å². The van der Waals surface area contributed by atoms with Gasteiger partial charge in [-0.3, -0.25) is 4.79 Å². The molecule has 13 nitrogen and oxygen atoms in total. The van der Waals surface area contributed by atoms with Crippen molar-refractivity contribution in [3.8, 4) is 40.2 Å². The quantitative estimate of drug-likeness (QED) is 0.0210. The lowest BCUT2D eigenvalue weighted by molar-refractivity contribution is 0.0729. The van der Waals surface area contributed by atoms with Crippen LogP contribution < -0.4 is 33.2 Å². The molecule has 62 heavy (non-hydrogen) atoms. The van der Waals surface area contributed by atoms with Gasteiger partial charge in [-0.15, -0.1) is 22.7 Å². The van der Waals surface area contributed by atoms with Crippen LogP contribution in [0.1, 0.15) is 57.1 Å². The summed E-state index contributed by atoms with van der Waals surface area (Å²) in [6.07, 6.45) is 1.99. The summed E-state index contributed by atoms with van der Waals surface area (Å²) in [4.78, 5) is 52.4. The second-order valence-corrected chi connectivity index (χ2v) is 16.3. The summed E-state index contributed by atoms with van der Waals surface area (Å²) >= 11 is 2.08. The van der Waals surface area contributed by atoms with E-state index in [1.54, 1.807) is 84.9 Å². The summed E-state index contributed by atoms with van der Waals surface area (Å²) in [7, 11) is 0. The number of unbranched alkanes of at least 4 members (excludes halogenated alkanes) is 1. The van der Waals surface area contributed by atoms with Crippen LogP contribution in [0.2, 0.25) is 0 Å². The van der Waals surface area contributed by atoms with Crippen molar-refractivity contribution in [1.29, 1.82) is 0 Å². The molecule has 2 aliphatic heterocycles. The number of thiophene rings is 2. The van der Waals surface area contributed by atoms with Gasteiger partial charge in [0.05, 0.1) is 31.3 Å². The van der Waals surface area contributed by atoms with E-state index in [9.17, 15) is 19.2 Å². The van der Waals surface area contributed by atoms with Gasteiger partial charge in [0.2, 0.25) is 0 Å². The number of esters is 3. The first kappa shape index (κ1) is 42.2. The molecule has 2 fully saturated rings. The molecule has 0 N–H and O–H groups in total. The van der Waals surface area contributed by atoms with Gasteiger partial charge in [-0.2, -0.15) is 0 Å². The first-order chi connectivity index (χ1) is 30.3. The zero-order chi connectivity index (χ0) is 42.7. The van der Waals surface area contributed by atoms with Gasteiger partial charge < -0.3 is 42.6 Å². The number of Topliss-reactive ketones (excluding diaryl/α,β-unsaturated/α-hetero) is 1. The standard InChI is InChI=1S/C47H40O13S2/c48-40(25-30-3-5-33(6-4-30)54-26-38-28-56-38)41-19-20-42(61-41)45(49)58-35-13-7-31(8-14-35)52-23-1-2-24-53-32-9-15-36(16-10-32)59-46(50)43-21-22-44(62-43)47(51)60-37-17-11-34(12-18-37)55-27-39-29-57-39/h3-22,38-39H,1-2,23-29H2. The molecule has 15 heteroatoms. The largest absolute Gasteiger partial charge is 0.494 e. The second kappa shape index (κ2) is 20.4. The molecule has 6 aromatic rings. The van der Waals surface area contributed by atoms with Crippen molar-refractivity contribution in [3.05, 3.63) is 146 Å². The summed E-state index contributed by atoms with van der Waals surface area (Å²) in [6, 6.07) is 33.8. The molecule has 4 heterocycles. The Balaban J connectivity index is 0.690. The van der Waals surface area contributed by atoms with Gasteiger partial charge in [0, 0.05) is 6.42 Å². The van der Waals surface area contributed by atoms with Gasteiger partial charge in [0.15, 0.2) is 5.78 Å². The summed E-state index contributed by atoms with van der Waals surface area (Å²) in [6.45, 7) is 3.34. The first-order valence-corrected chi connectivity index (χ1v) is 21.5. The van der Waals surface area contributed by atoms with Gasteiger partial charge in [0.1, 0.15) is 80.3 Å². The van der Waals surface area contributed by atoms with Crippen LogP contribution >= 0.6 is 22.7 Å². The van der Waals surface area contributed by atoms with Crippen LogP contribution in [0.15, 0.2) is 121 Å². The zero-order valence-electron chi connectivity index (χ0n) is 33.2. The minimum absolute atomic E-state index is 0.0870. The van der Waals surface area contributed by atoms with Gasteiger partial charge in [-0.05, 0) is 128 Å². The number of rotatable bonds is 22. The smallest absolute Gasteiger partial charge is 0.353 e. The van der Waals surface area contributed by atoms with Gasteiger partial charge in [-0.25, -0.2) is 14.4 Å². The lowest BCUT2D eigenvalue weighted by Crippen LogP contribution is -2.08. The Morgan fingerprint density at radius 1 is 0.435 bits per heavy atom. The Morgan fingerprint density at radius 2 is 0.758 bits per heavy atom. The average molecular weight is 877 g/mol. The van der Waals surface area contributed by atoms with Crippen LogP contribution in [0.4, 0.5) is 0 Å². The molecule has 8 rings (SSSR count). The molecular formula is C47H40O13S2. The Hall–Kier alpha value is -6.52. The number of hydrogen-bond acceptors (Lipinski definition) is 15. The molecule has 2 saturated heterocycles. The molecule has 0 spiro atoms. The van der Waals surface area contributed by atoms with E-state index in [1.807, 2.05) is 24.3 Å². The third-order valence-corrected chi connectivity index (χ3v) is 11.4. The van der Waals surface area contributed by atoms with Gasteiger partial charge in [0.25, 0.3) is 0 Å². The molecule has 2 unspecified atom stereocenters. The minimum Gasteiger partial charge on any atom is -0.494 e. The molecule has 0 aliphatic carbocycles. The van der Waals surface area contributed by atoms with Crippen LogP contribution in [0, 0.1) is 0 Å². The minimum atomic E-state index is -0.595. The lowest BCUT2D eigenvalue weighted by Gasteiger charge is -2.09. The maximum Gasteiger partial charge on any atom is 0.353 e. The fourth-order valence-corrected chi connectivity index (χ4v) is 7.28. The summed E-state index contributed by atoms with van der Waals surface area (Å²) in [5, 5.41) is 0. The third-order valence-electron chi connectivity index (χ3n) is 9.23. The van der Waals surface area contributed by atoms with Gasteiger partial charge >= 0.3 is 17.9 Å². The van der Waals surface area contributed by atoms with Crippen molar-refractivity contribution in [2.75, 3.05) is 39.6 Å². The summed E-state index contributed by atoms with van der Waals surface area (Å²) in [5.41, 5.74) is 0.851. The molecule has 318 valence electrons. The first-order valence-electron chi connectivity index (χ1n) is 19.8. The molecule has 2 aromatic heterocycles. The topological polar surface area (TPSA) is 158 Å². The molecule has 2 atom stereocenters. The number of ether oxygens (including phenoxy) is 9. The van der Waals surface area contributed by atoms with Crippen molar-refractivity contribution < 1.29 is 61.8 Å².